The first-order chi connectivity index (χ1) is 15.0. The Balaban J connectivity index is 1.64. The van der Waals surface area contributed by atoms with E-state index >= 15 is 0 Å². The highest BCUT2D eigenvalue weighted by atomic mass is 35.5. The summed E-state index contributed by atoms with van der Waals surface area (Å²) in [5.41, 5.74) is 2.95. The quantitative estimate of drug-likeness (QED) is 0.522. The largest absolute Gasteiger partial charge is 0.545 e. The average molecular weight is 444 g/mol. The van der Waals surface area contributed by atoms with Crippen molar-refractivity contribution in [2.45, 2.75) is 26.6 Å². The predicted octanol–water partition coefficient (Wildman–Crippen LogP) is 3.08. The second-order valence-electron chi connectivity index (χ2n) is 6.93. The maximum absolute atomic E-state index is 13.1. The molecule has 0 amide bonds. The first kappa shape index (κ1) is 22.6. The van der Waals surface area contributed by atoms with Gasteiger partial charge in [0.25, 0.3) is 0 Å². The summed E-state index contributed by atoms with van der Waals surface area (Å²) >= 11 is 6.46. The predicted molar refractivity (Wildman–Crippen MR) is 113 cm³/mol. The lowest BCUT2D eigenvalue weighted by Crippen LogP contribution is -2.80. The van der Waals surface area contributed by atoms with E-state index in [1.807, 2.05) is 19.1 Å². The summed E-state index contributed by atoms with van der Waals surface area (Å²) in [5.74, 6) is -0.476. The van der Waals surface area contributed by atoms with Crippen LogP contribution < -0.4 is 19.9 Å². The number of hydrogen-bond donors (Lipinski definition) is 1. The van der Waals surface area contributed by atoms with Crippen molar-refractivity contribution < 1.29 is 29.1 Å². The van der Waals surface area contributed by atoms with Gasteiger partial charge in [0.05, 0.1) is 17.6 Å². The molecule has 0 bridgehead atoms. The molecule has 3 aromatic carbocycles. The lowest BCUT2D eigenvalue weighted by molar-refractivity contribution is -0.686. The fourth-order valence-electron chi connectivity index (χ4n) is 3.06. The Morgan fingerprint density at radius 3 is 2.26 bits per heavy atom. The summed E-state index contributed by atoms with van der Waals surface area (Å²) in [5, 5.41) is 13.3. The molecule has 0 aromatic heterocycles. The van der Waals surface area contributed by atoms with Gasteiger partial charge in [-0.25, -0.2) is 4.39 Å². The molecule has 0 saturated carbocycles. The maximum atomic E-state index is 13.1. The van der Waals surface area contributed by atoms with Crippen LogP contribution >= 0.6 is 11.6 Å². The lowest BCUT2D eigenvalue weighted by atomic mass is 10.1. The van der Waals surface area contributed by atoms with E-state index in [1.165, 1.54) is 24.3 Å². The molecule has 0 spiro atoms. The minimum absolute atomic E-state index is 0.160. The van der Waals surface area contributed by atoms with Crippen molar-refractivity contribution in [2.24, 2.45) is 0 Å². The molecule has 162 valence electrons. The number of ether oxygens (including phenoxy) is 2. The number of carboxylic acids is 1. The summed E-state index contributed by atoms with van der Waals surface area (Å²) in [7, 11) is 0. The number of hydrogen-bond acceptors (Lipinski definition) is 4. The molecule has 2 N–H and O–H groups in total. The Morgan fingerprint density at radius 1 is 0.968 bits per heavy atom. The van der Waals surface area contributed by atoms with Crippen LogP contribution in [0.1, 0.15) is 34.0 Å². The average Bonchev–Trinajstić information content (AvgIpc) is 2.75. The molecule has 0 heterocycles. The summed E-state index contributed by atoms with van der Waals surface area (Å²) in [4.78, 5) is 10.8. The Labute approximate surface area is 185 Å². The fraction of sp³-hybridized carbons (Fsp3) is 0.208. The maximum Gasteiger partial charge on any atom is 0.180 e. The molecule has 0 unspecified atom stereocenters. The van der Waals surface area contributed by atoms with Crippen LogP contribution in [-0.4, -0.2) is 12.6 Å². The number of carbonyl (C=O) groups is 1. The molecule has 0 aliphatic rings. The Morgan fingerprint density at radius 2 is 1.61 bits per heavy atom. The van der Waals surface area contributed by atoms with Gasteiger partial charge in [-0.3, -0.25) is 0 Å². The third-order valence-corrected chi connectivity index (χ3v) is 4.90. The number of quaternary nitrogens is 1. The molecule has 7 heteroatoms. The van der Waals surface area contributed by atoms with E-state index in [4.69, 9.17) is 21.1 Å². The zero-order valence-electron chi connectivity index (χ0n) is 17.1. The Bertz CT molecular complexity index is 1020. The molecule has 3 rings (SSSR count). The summed E-state index contributed by atoms with van der Waals surface area (Å²) in [6.07, 6.45) is 0. The normalized spacial score (nSPS) is 10.7. The monoisotopic (exact) mass is 443 g/mol. The molecular weight excluding hydrogens is 421 g/mol. The smallest absolute Gasteiger partial charge is 0.180 e. The van der Waals surface area contributed by atoms with E-state index < -0.39 is 5.97 Å². The zero-order valence-corrected chi connectivity index (χ0v) is 17.8. The van der Waals surface area contributed by atoms with Gasteiger partial charge in [-0.1, -0.05) is 48.0 Å². The standard InChI is InChI=1S/C24H23ClFNO4/c1-2-30-22-12-18(14-27-13-16-3-7-19(8-4-16)24(28)29)11-21(25)23(22)31-15-17-5-9-20(26)10-6-17/h3-12,27H,2,13-15H2,1H3,(H,28,29). The summed E-state index contributed by atoms with van der Waals surface area (Å²) in [6.45, 7) is 3.92. The van der Waals surface area contributed by atoms with E-state index in [9.17, 15) is 14.3 Å². The van der Waals surface area contributed by atoms with Gasteiger partial charge in [-0.2, -0.15) is 0 Å². The molecule has 5 nitrogen and oxygen atoms in total. The molecular formula is C24H23ClFNO4. The van der Waals surface area contributed by atoms with E-state index in [0.717, 1.165) is 16.7 Å². The van der Waals surface area contributed by atoms with Crippen molar-refractivity contribution in [3.05, 3.63) is 93.8 Å². The van der Waals surface area contributed by atoms with Crippen molar-refractivity contribution in [3.63, 3.8) is 0 Å². The third-order valence-electron chi connectivity index (χ3n) is 4.62. The van der Waals surface area contributed by atoms with Gasteiger partial charge < -0.3 is 24.7 Å². The van der Waals surface area contributed by atoms with Gasteiger partial charge >= 0.3 is 0 Å². The van der Waals surface area contributed by atoms with Crippen molar-refractivity contribution in [1.29, 1.82) is 0 Å². The highest BCUT2D eigenvalue weighted by molar-refractivity contribution is 6.32. The first-order valence-corrected chi connectivity index (χ1v) is 10.3. The van der Waals surface area contributed by atoms with Crippen LogP contribution in [0.3, 0.4) is 0 Å². The van der Waals surface area contributed by atoms with Crippen LogP contribution in [0.15, 0.2) is 60.7 Å². The SMILES string of the molecule is CCOc1cc(C[NH2+]Cc2ccc(C(=O)[O-])cc2)cc(Cl)c1OCc1ccc(F)cc1. The summed E-state index contributed by atoms with van der Waals surface area (Å²) < 4.78 is 24.7. The van der Waals surface area contributed by atoms with E-state index in [2.05, 4.69) is 5.32 Å². The molecule has 3 aromatic rings. The van der Waals surface area contributed by atoms with E-state index in [-0.39, 0.29) is 18.0 Å². The van der Waals surface area contributed by atoms with Crippen molar-refractivity contribution in [3.8, 4) is 11.5 Å². The number of aromatic carboxylic acids is 1. The second kappa shape index (κ2) is 10.8. The van der Waals surface area contributed by atoms with Crippen LogP contribution in [0.25, 0.3) is 0 Å². The number of carbonyl (C=O) groups excluding carboxylic acids is 1. The molecule has 0 aliphatic carbocycles. The molecule has 0 fully saturated rings. The second-order valence-corrected chi connectivity index (χ2v) is 7.34. The molecule has 0 saturated heterocycles. The Kier molecular flexibility index (Phi) is 7.87. The number of carboxylic acid groups (broad SMARTS) is 1. The molecule has 0 radical (unpaired) electrons. The van der Waals surface area contributed by atoms with Crippen molar-refractivity contribution in [2.75, 3.05) is 6.61 Å². The fourth-order valence-corrected chi connectivity index (χ4v) is 3.35. The van der Waals surface area contributed by atoms with Gasteiger partial charge in [0, 0.05) is 11.1 Å². The summed E-state index contributed by atoms with van der Waals surface area (Å²) in [6, 6.07) is 16.4. The van der Waals surface area contributed by atoms with Gasteiger partial charge in [-0.05, 0) is 42.3 Å². The number of benzene rings is 3. The number of nitrogens with two attached hydrogens (primary N) is 1. The minimum Gasteiger partial charge on any atom is -0.545 e. The zero-order chi connectivity index (χ0) is 22.2. The van der Waals surface area contributed by atoms with Crippen molar-refractivity contribution >= 4 is 17.6 Å². The van der Waals surface area contributed by atoms with Crippen LogP contribution in [-0.2, 0) is 19.7 Å². The third kappa shape index (κ3) is 6.44. The molecule has 31 heavy (non-hydrogen) atoms. The van der Waals surface area contributed by atoms with Gasteiger partial charge in [-0.15, -0.1) is 0 Å². The van der Waals surface area contributed by atoms with E-state index in [1.54, 1.807) is 24.3 Å². The Hall–Kier alpha value is -3.09. The van der Waals surface area contributed by atoms with Gasteiger partial charge in [0.1, 0.15) is 25.5 Å². The van der Waals surface area contributed by atoms with Gasteiger partial charge in [0.15, 0.2) is 11.5 Å². The van der Waals surface area contributed by atoms with E-state index in [0.29, 0.717) is 36.2 Å². The minimum atomic E-state index is -1.18. The first-order valence-electron chi connectivity index (χ1n) is 9.90. The highest BCUT2D eigenvalue weighted by Crippen LogP contribution is 2.37. The lowest BCUT2D eigenvalue weighted by Gasteiger charge is -2.15. The van der Waals surface area contributed by atoms with Crippen LogP contribution in [0.4, 0.5) is 4.39 Å². The molecule has 0 aliphatic heterocycles. The number of halogens is 2. The van der Waals surface area contributed by atoms with Crippen LogP contribution in [0.2, 0.25) is 5.02 Å². The van der Waals surface area contributed by atoms with Crippen LogP contribution in [0.5, 0.6) is 11.5 Å². The van der Waals surface area contributed by atoms with Gasteiger partial charge in [0.2, 0.25) is 0 Å². The topological polar surface area (TPSA) is 75.2 Å². The molecule has 0 atom stereocenters. The van der Waals surface area contributed by atoms with Crippen molar-refractivity contribution in [1.82, 2.24) is 0 Å². The van der Waals surface area contributed by atoms with Crippen LogP contribution in [0, 0.1) is 5.82 Å². The highest BCUT2D eigenvalue weighted by Gasteiger charge is 2.14. The number of rotatable bonds is 10.